The number of rotatable bonds is 5. The summed E-state index contributed by atoms with van der Waals surface area (Å²) in [4.78, 5) is 6.13. The number of anilines is 1. The first-order chi connectivity index (χ1) is 9.85. The highest BCUT2D eigenvalue weighted by molar-refractivity contribution is 7.89. The minimum Gasteiger partial charge on any atom is -0.323 e. The predicted molar refractivity (Wildman–Crippen MR) is 84.6 cm³/mol. The summed E-state index contributed by atoms with van der Waals surface area (Å²) in [6.07, 6.45) is 2.75. The lowest BCUT2D eigenvalue weighted by molar-refractivity contribution is 0.566. The molecule has 0 aliphatic rings. The number of nitrogens with one attached hydrogen (secondary N) is 2. The SMILES string of the molecule is Cc1cc(C(C)NS(=O)(=O)c2cnccc2NN)c(C)s1. The average Bonchev–Trinajstić information content (AvgIpc) is 2.77. The van der Waals surface area contributed by atoms with Crippen LogP contribution in [0.4, 0.5) is 5.69 Å². The molecule has 114 valence electrons. The van der Waals surface area contributed by atoms with Crippen LogP contribution in [0.3, 0.4) is 0 Å². The largest absolute Gasteiger partial charge is 0.323 e. The van der Waals surface area contributed by atoms with Gasteiger partial charge in [0.05, 0.1) is 5.69 Å². The van der Waals surface area contributed by atoms with Crippen molar-refractivity contribution in [3.05, 3.63) is 39.8 Å². The Labute approximate surface area is 128 Å². The van der Waals surface area contributed by atoms with Crippen LogP contribution in [0.5, 0.6) is 0 Å². The van der Waals surface area contributed by atoms with Crippen molar-refractivity contribution in [3.63, 3.8) is 0 Å². The Hall–Kier alpha value is -1.48. The minimum atomic E-state index is -3.71. The maximum atomic E-state index is 12.5. The van der Waals surface area contributed by atoms with E-state index in [1.165, 1.54) is 18.5 Å². The number of nitrogen functional groups attached to an aromatic ring is 1. The monoisotopic (exact) mass is 326 g/mol. The van der Waals surface area contributed by atoms with E-state index in [-0.39, 0.29) is 10.9 Å². The van der Waals surface area contributed by atoms with E-state index in [1.807, 2.05) is 26.8 Å². The Kier molecular flexibility index (Phi) is 4.62. The van der Waals surface area contributed by atoms with Crippen molar-refractivity contribution in [2.45, 2.75) is 31.7 Å². The Balaban J connectivity index is 2.31. The van der Waals surface area contributed by atoms with Gasteiger partial charge in [-0.15, -0.1) is 11.3 Å². The Morgan fingerprint density at radius 3 is 2.67 bits per heavy atom. The van der Waals surface area contributed by atoms with E-state index in [2.05, 4.69) is 15.1 Å². The molecule has 0 saturated carbocycles. The fraction of sp³-hybridized carbons (Fsp3) is 0.308. The van der Waals surface area contributed by atoms with Crippen LogP contribution in [-0.4, -0.2) is 13.4 Å². The molecular weight excluding hydrogens is 308 g/mol. The molecule has 0 fully saturated rings. The van der Waals surface area contributed by atoms with Crippen molar-refractivity contribution in [1.82, 2.24) is 9.71 Å². The topological polar surface area (TPSA) is 97.1 Å². The van der Waals surface area contributed by atoms with Crippen molar-refractivity contribution in [2.75, 3.05) is 5.43 Å². The molecular formula is C13H18N4O2S2. The third kappa shape index (κ3) is 3.41. The Morgan fingerprint density at radius 1 is 1.38 bits per heavy atom. The molecule has 2 rings (SSSR count). The molecule has 8 heteroatoms. The van der Waals surface area contributed by atoms with E-state index < -0.39 is 10.0 Å². The summed E-state index contributed by atoms with van der Waals surface area (Å²) < 4.78 is 27.6. The number of hydrazine groups is 1. The zero-order valence-corrected chi connectivity index (χ0v) is 13.7. The zero-order valence-electron chi connectivity index (χ0n) is 12.0. The molecule has 6 nitrogen and oxygen atoms in total. The van der Waals surface area contributed by atoms with Gasteiger partial charge in [0.25, 0.3) is 0 Å². The summed E-state index contributed by atoms with van der Waals surface area (Å²) in [7, 11) is -3.71. The summed E-state index contributed by atoms with van der Waals surface area (Å²) in [5.41, 5.74) is 3.66. The maximum absolute atomic E-state index is 12.5. The van der Waals surface area contributed by atoms with Crippen molar-refractivity contribution in [1.29, 1.82) is 0 Å². The highest BCUT2D eigenvalue weighted by Crippen LogP contribution is 2.28. The second-order valence-corrected chi connectivity index (χ2v) is 7.87. The van der Waals surface area contributed by atoms with Gasteiger partial charge in [-0.2, -0.15) is 0 Å². The predicted octanol–water partition coefficient (Wildman–Crippen LogP) is 2.09. The highest BCUT2D eigenvalue weighted by atomic mass is 32.2. The molecule has 0 saturated heterocycles. The smallest absolute Gasteiger partial charge is 0.244 e. The van der Waals surface area contributed by atoms with Crippen molar-refractivity contribution < 1.29 is 8.42 Å². The molecule has 0 spiro atoms. The van der Waals surface area contributed by atoms with Crippen molar-refractivity contribution >= 4 is 27.0 Å². The fourth-order valence-electron chi connectivity index (χ4n) is 2.15. The summed E-state index contributed by atoms with van der Waals surface area (Å²) >= 11 is 1.65. The van der Waals surface area contributed by atoms with Crippen LogP contribution in [0.2, 0.25) is 0 Å². The molecule has 0 bridgehead atoms. The summed E-state index contributed by atoms with van der Waals surface area (Å²) in [5.74, 6) is 5.35. The lowest BCUT2D eigenvalue weighted by Crippen LogP contribution is -2.28. The number of pyridine rings is 1. The number of hydrogen-bond donors (Lipinski definition) is 3. The molecule has 2 aromatic heterocycles. The maximum Gasteiger partial charge on any atom is 0.244 e. The van der Waals surface area contributed by atoms with E-state index in [1.54, 1.807) is 11.3 Å². The molecule has 1 unspecified atom stereocenters. The number of nitrogens with zero attached hydrogens (tertiary/aromatic N) is 1. The number of aryl methyl sites for hydroxylation is 2. The fourth-order valence-corrected chi connectivity index (χ4v) is 4.51. The number of nitrogens with two attached hydrogens (primary N) is 1. The van der Waals surface area contributed by atoms with Gasteiger partial charge in [0.15, 0.2) is 0 Å². The molecule has 4 N–H and O–H groups in total. The molecule has 0 aliphatic carbocycles. The van der Waals surface area contributed by atoms with E-state index in [0.717, 1.165) is 15.3 Å². The molecule has 0 amide bonds. The van der Waals surface area contributed by atoms with Gasteiger partial charge < -0.3 is 5.43 Å². The van der Waals surface area contributed by atoms with E-state index in [9.17, 15) is 8.42 Å². The standard InChI is InChI=1S/C13H18N4O2S2/c1-8-6-11(10(3)20-8)9(2)17-21(18,19)13-7-15-5-4-12(13)16-14/h4-7,9,17H,14H2,1-3H3,(H,15,16). The van der Waals surface area contributed by atoms with Gasteiger partial charge in [0, 0.05) is 28.2 Å². The summed E-state index contributed by atoms with van der Waals surface area (Å²) in [6, 6.07) is 3.18. The first-order valence-electron chi connectivity index (χ1n) is 6.35. The first-order valence-corrected chi connectivity index (χ1v) is 8.65. The van der Waals surface area contributed by atoms with Gasteiger partial charge >= 0.3 is 0 Å². The second kappa shape index (κ2) is 6.10. The van der Waals surface area contributed by atoms with Crippen LogP contribution in [0.25, 0.3) is 0 Å². The summed E-state index contributed by atoms with van der Waals surface area (Å²) in [5, 5.41) is 0. The molecule has 1 atom stereocenters. The van der Waals surface area contributed by atoms with Crippen LogP contribution in [-0.2, 0) is 10.0 Å². The third-order valence-corrected chi connectivity index (χ3v) is 5.66. The van der Waals surface area contributed by atoms with Crippen LogP contribution in [0.15, 0.2) is 29.4 Å². The van der Waals surface area contributed by atoms with Gasteiger partial charge in [-0.1, -0.05) is 0 Å². The molecule has 2 heterocycles. The van der Waals surface area contributed by atoms with Crippen LogP contribution in [0, 0.1) is 13.8 Å². The van der Waals surface area contributed by atoms with Crippen molar-refractivity contribution in [2.24, 2.45) is 5.84 Å². The van der Waals surface area contributed by atoms with Crippen LogP contribution in [0.1, 0.15) is 28.3 Å². The molecule has 0 aromatic carbocycles. The lowest BCUT2D eigenvalue weighted by atomic mass is 10.1. The number of aromatic nitrogens is 1. The van der Waals surface area contributed by atoms with E-state index in [4.69, 9.17) is 5.84 Å². The average molecular weight is 326 g/mol. The van der Waals surface area contributed by atoms with E-state index >= 15 is 0 Å². The third-order valence-electron chi connectivity index (χ3n) is 3.11. The van der Waals surface area contributed by atoms with Crippen molar-refractivity contribution in [3.8, 4) is 0 Å². The molecule has 21 heavy (non-hydrogen) atoms. The number of hydrogen-bond acceptors (Lipinski definition) is 6. The minimum absolute atomic E-state index is 0.0314. The normalized spacial score (nSPS) is 13.1. The Bertz CT molecular complexity index is 740. The molecule has 0 radical (unpaired) electrons. The van der Waals surface area contributed by atoms with Gasteiger partial charge in [-0.05, 0) is 38.5 Å². The zero-order chi connectivity index (χ0) is 15.6. The van der Waals surface area contributed by atoms with Gasteiger partial charge in [-0.25, -0.2) is 13.1 Å². The summed E-state index contributed by atoms with van der Waals surface area (Å²) in [6.45, 7) is 5.80. The van der Waals surface area contributed by atoms with Crippen LogP contribution >= 0.6 is 11.3 Å². The van der Waals surface area contributed by atoms with Gasteiger partial charge in [0.1, 0.15) is 4.90 Å². The quantitative estimate of drug-likeness (QED) is 0.577. The molecule has 2 aromatic rings. The van der Waals surface area contributed by atoms with Gasteiger partial charge in [-0.3, -0.25) is 10.8 Å². The van der Waals surface area contributed by atoms with Crippen LogP contribution < -0.4 is 16.0 Å². The van der Waals surface area contributed by atoms with E-state index in [0.29, 0.717) is 5.69 Å². The van der Waals surface area contributed by atoms with Gasteiger partial charge in [0.2, 0.25) is 10.0 Å². The second-order valence-electron chi connectivity index (χ2n) is 4.73. The number of sulfonamides is 1. The molecule has 0 aliphatic heterocycles. The first kappa shape index (κ1) is 15.9. The number of thiophene rings is 1. The highest BCUT2D eigenvalue weighted by Gasteiger charge is 2.23. The Morgan fingerprint density at radius 2 is 2.10 bits per heavy atom. The lowest BCUT2D eigenvalue weighted by Gasteiger charge is -2.16.